The summed E-state index contributed by atoms with van der Waals surface area (Å²) in [6.07, 6.45) is 0.443. The number of hydrogen-bond acceptors (Lipinski definition) is 7. The van der Waals surface area contributed by atoms with Crippen LogP contribution in [0.15, 0.2) is 22.8 Å². The maximum absolute atomic E-state index is 12.1. The van der Waals surface area contributed by atoms with Crippen molar-refractivity contribution < 1.29 is 18.9 Å². The zero-order valence-corrected chi connectivity index (χ0v) is 15.3. The van der Waals surface area contributed by atoms with Gasteiger partial charge < -0.3 is 14.8 Å². The number of methoxy groups -OCH3 is 1. The van der Waals surface area contributed by atoms with Gasteiger partial charge in [0.25, 0.3) is 0 Å². The number of benzene rings is 1. The maximum atomic E-state index is 12.1. The first-order valence-corrected chi connectivity index (χ1v) is 8.66. The van der Waals surface area contributed by atoms with Crippen LogP contribution in [0.25, 0.3) is 0 Å². The van der Waals surface area contributed by atoms with E-state index in [4.69, 9.17) is 9.47 Å². The minimum absolute atomic E-state index is 0.0276. The standard InChI is InChI=1S/C18H24N4O4/c1-12-10-22(11-14-4-5-15(24-3)8-17(14)25-12)7-6-18(23)19-9-16-13(2)20-26-21-16/h4-5,8,12H,6-7,9-11H2,1-3H3,(H,19,23). The molecule has 3 rings (SSSR count). The molecule has 0 fully saturated rings. The summed E-state index contributed by atoms with van der Waals surface area (Å²) < 4.78 is 15.9. The van der Waals surface area contributed by atoms with Gasteiger partial charge in [0.1, 0.15) is 29.0 Å². The molecule has 0 saturated heterocycles. The van der Waals surface area contributed by atoms with Crippen LogP contribution < -0.4 is 14.8 Å². The predicted octanol–water partition coefficient (Wildman–Crippen LogP) is 1.68. The minimum Gasteiger partial charge on any atom is -0.497 e. The molecule has 0 spiro atoms. The highest BCUT2D eigenvalue weighted by Crippen LogP contribution is 2.29. The van der Waals surface area contributed by atoms with E-state index in [-0.39, 0.29) is 12.0 Å². The van der Waals surface area contributed by atoms with Gasteiger partial charge in [0, 0.05) is 37.7 Å². The van der Waals surface area contributed by atoms with Crippen molar-refractivity contribution in [3.05, 3.63) is 35.2 Å². The number of carbonyl (C=O) groups excluding carboxylic acids is 1. The Kier molecular flexibility index (Phi) is 5.72. The van der Waals surface area contributed by atoms with E-state index in [0.717, 1.165) is 30.2 Å². The number of aryl methyl sites for hydroxylation is 1. The van der Waals surface area contributed by atoms with Crippen LogP contribution in [0.3, 0.4) is 0 Å². The first-order valence-electron chi connectivity index (χ1n) is 8.66. The van der Waals surface area contributed by atoms with Gasteiger partial charge in [-0.15, -0.1) is 0 Å². The molecule has 1 aliphatic heterocycles. The van der Waals surface area contributed by atoms with E-state index >= 15 is 0 Å². The van der Waals surface area contributed by atoms with Gasteiger partial charge in [-0.25, -0.2) is 4.63 Å². The summed E-state index contributed by atoms with van der Waals surface area (Å²) in [7, 11) is 1.64. The molecule has 0 aliphatic carbocycles. The number of nitrogens with one attached hydrogen (secondary N) is 1. The van der Waals surface area contributed by atoms with Crippen molar-refractivity contribution in [3.8, 4) is 11.5 Å². The van der Waals surface area contributed by atoms with Crippen molar-refractivity contribution in [2.45, 2.75) is 39.5 Å². The average molecular weight is 360 g/mol. The summed E-state index contributed by atoms with van der Waals surface area (Å²) in [4.78, 5) is 14.4. The second-order valence-corrected chi connectivity index (χ2v) is 6.46. The molecule has 0 saturated carbocycles. The van der Waals surface area contributed by atoms with Crippen LogP contribution in [0, 0.1) is 6.92 Å². The molecule has 1 atom stereocenters. The zero-order chi connectivity index (χ0) is 18.5. The molecule has 1 aromatic heterocycles. The summed E-state index contributed by atoms with van der Waals surface area (Å²) in [5, 5.41) is 10.3. The highest BCUT2D eigenvalue weighted by atomic mass is 16.6. The molecule has 0 radical (unpaired) electrons. The number of hydrogen-bond donors (Lipinski definition) is 1. The van der Waals surface area contributed by atoms with E-state index < -0.39 is 0 Å². The van der Waals surface area contributed by atoms with Crippen LogP contribution in [0.5, 0.6) is 11.5 Å². The Morgan fingerprint density at radius 1 is 1.42 bits per heavy atom. The predicted molar refractivity (Wildman–Crippen MR) is 93.9 cm³/mol. The summed E-state index contributed by atoms with van der Waals surface area (Å²) in [6.45, 7) is 6.31. The first kappa shape index (κ1) is 18.2. The third-order valence-corrected chi connectivity index (χ3v) is 4.37. The lowest BCUT2D eigenvalue weighted by atomic mass is 10.1. The lowest BCUT2D eigenvalue weighted by Gasteiger charge is -2.21. The summed E-state index contributed by atoms with van der Waals surface area (Å²) in [5.41, 5.74) is 2.44. The average Bonchev–Trinajstić information content (AvgIpc) is 2.96. The SMILES string of the molecule is COc1ccc2c(c1)OC(C)CN(CCC(=O)NCc1nonc1C)C2. The second-order valence-electron chi connectivity index (χ2n) is 6.46. The van der Waals surface area contributed by atoms with Crippen LogP contribution in [-0.2, 0) is 17.9 Å². The first-order chi connectivity index (χ1) is 12.5. The Bertz CT molecular complexity index is 761. The molecule has 1 N–H and O–H groups in total. The highest BCUT2D eigenvalue weighted by molar-refractivity contribution is 5.76. The fourth-order valence-corrected chi connectivity index (χ4v) is 2.94. The fourth-order valence-electron chi connectivity index (χ4n) is 2.94. The van der Waals surface area contributed by atoms with Gasteiger partial charge in [0.15, 0.2) is 0 Å². The number of rotatable bonds is 6. The van der Waals surface area contributed by atoms with Crippen LogP contribution in [0.4, 0.5) is 0 Å². The van der Waals surface area contributed by atoms with Crippen LogP contribution in [0.2, 0.25) is 0 Å². The molecule has 0 bridgehead atoms. The van der Waals surface area contributed by atoms with Gasteiger partial charge in [0.2, 0.25) is 5.91 Å². The molecule has 2 heterocycles. The fraction of sp³-hybridized carbons (Fsp3) is 0.500. The van der Waals surface area contributed by atoms with Gasteiger partial charge in [-0.1, -0.05) is 16.4 Å². The number of amides is 1. The molecular formula is C18H24N4O4. The van der Waals surface area contributed by atoms with Gasteiger partial charge in [-0.3, -0.25) is 9.69 Å². The normalized spacial score (nSPS) is 17.1. The van der Waals surface area contributed by atoms with Crippen LogP contribution in [0.1, 0.15) is 30.3 Å². The highest BCUT2D eigenvalue weighted by Gasteiger charge is 2.21. The summed E-state index contributed by atoms with van der Waals surface area (Å²) >= 11 is 0. The third-order valence-electron chi connectivity index (χ3n) is 4.37. The van der Waals surface area contributed by atoms with Crippen molar-refractivity contribution in [2.24, 2.45) is 0 Å². The summed E-state index contributed by atoms with van der Waals surface area (Å²) in [6, 6.07) is 5.85. The second kappa shape index (κ2) is 8.18. The smallest absolute Gasteiger partial charge is 0.221 e. The van der Waals surface area contributed by atoms with Crippen molar-refractivity contribution >= 4 is 5.91 Å². The lowest BCUT2D eigenvalue weighted by molar-refractivity contribution is -0.121. The molecule has 1 aromatic carbocycles. The topological polar surface area (TPSA) is 89.7 Å². The molecule has 1 amide bonds. The molecule has 8 nitrogen and oxygen atoms in total. The van der Waals surface area contributed by atoms with E-state index in [1.807, 2.05) is 25.1 Å². The monoisotopic (exact) mass is 360 g/mol. The van der Waals surface area contributed by atoms with Crippen LogP contribution in [-0.4, -0.2) is 47.4 Å². The summed E-state index contributed by atoms with van der Waals surface area (Å²) in [5.74, 6) is 1.60. The Morgan fingerprint density at radius 3 is 3.00 bits per heavy atom. The lowest BCUT2D eigenvalue weighted by Crippen LogP contribution is -2.34. The van der Waals surface area contributed by atoms with Crippen molar-refractivity contribution in [3.63, 3.8) is 0 Å². The molecule has 140 valence electrons. The van der Waals surface area contributed by atoms with Crippen LogP contribution >= 0.6 is 0 Å². The minimum atomic E-state index is -0.0276. The van der Waals surface area contributed by atoms with Crippen molar-refractivity contribution in [1.82, 2.24) is 20.5 Å². The Morgan fingerprint density at radius 2 is 2.27 bits per heavy atom. The molecule has 2 aromatic rings. The van der Waals surface area contributed by atoms with E-state index in [1.165, 1.54) is 0 Å². The number of ether oxygens (including phenoxy) is 2. The van der Waals surface area contributed by atoms with E-state index in [1.54, 1.807) is 14.0 Å². The van der Waals surface area contributed by atoms with Gasteiger partial charge in [-0.05, 0) is 19.9 Å². The molecule has 1 aliphatic rings. The third kappa shape index (κ3) is 4.51. The number of nitrogens with zero attached hydrogens (tertiary/aromatic N) is 3. The number of aromatic nitrogens is 2. The van der Waals surface area contributed by atoms with E-state index in [9.17, 15) is 4.79 Å². The van der Waals surface area contributed by atoms with Gasteiger partial charge in [0.05, 0.1) is 13.7 Å². The number of fused-ring (bicyclic) bond motifs is 1. The quantitative estimate of drug-likeness (QED) is 0.838. The molecular weight excluding hydrogens is 336 g/mol. The molecule has 8 heteroatoms. The molecule has 26 heavy (non-hydrogen) atoms. The zero-order valence-electron chi connectivity index (χ0n) is 15.3. The Balaban J connectivity index is 1.54. The van der Waals surface area contributed by atoms with Crippen molar-refractivity contribution in [2.75, 3.05) is 20.2 Å². The van der Waals surface area contributed by atoms with Gasteiger partial charge >= 0.3 is 0 Å². The molecule has 1 unspecified atom stereocenters. The number of carbonyl (C=O) groups is 1. The van der Waals surface area contributed by atoms with E-state index in [2.05, 4.69) is 25.2 Å². The largest absolute Gasteiger partial charge is 0.497 e. The Labute approximate surface area is 152 Å². The maximum Gasteiger partial charge on any atom is 0.221 e. The Hall–Kier alpha value is -2.61. The van der Waals surface area contributed by atoms with Crippen molar-refractivity contribution in [1.29, 1.82) is 0 Å². The van der Waals surface area contributed by atoms with E-state index in [0.29, 0.717) is 30.9 Å². The van der Waals surface area contributed by atoms with Gasteiger partial charge in [-0.2, -0.15) is 0 Å².